The van der Waals surface area contributed by atoms with Crippen molar-refractivity contribution in [2.45, 2.75) is 52.5 Å². The number of hydrogen-bond acceptors (Lipinski definition) is 2. The van der Waals surface area contributed by atoms with Gasteiger partial charge in [0.1, 0.15) is 0 Å². The van der Waals surface area contributed by atoms with Gasteiger partial charge >= 0.3 is 6.03 Å². The van der Waals surface area contributed by atoms with E-state index in [-0.39, 0.29) is 6.03 Å². The molecule has 1 aliphatic rings. The van der Waals surface area contributed by atoms with Crippen molar-refractivity contribution < 1.29 is 9.53 Å². The third-order valence-electron chi connectivity index (χ3n) is 3.60. The lowest BCUT2D eigenvalue weighted by molar-refractivity contribution is 0.136. The number of carbonyl (C=O) groups is 1. The first-order valence-corrected chi connectivity index (χ1v) is 7.27. The number of urea groups is 1. The summed E-state index contributed by atoms with van der Waals surface area (Å²) in [5, 5.41) is 3.01. The van der Waals surface area contributed by atoms with Gasteiger partial charge in [0, 0.05) is 32.3 Å². The number of amides is 2. The second-order valence-corrected chi connectivity index (χ2v) is 5.31. The Balaban J connectivity index is 2.12. The highest BCUT2D eigenvalue weighted by atomic mass is 16.5. The van der Waals surface area contributed by atoms with E-state index in [9.17, 15) is 4.79 Å². The fourth-order valence-electron chi connectivity index (χ4n) is 2.48. The summed E-state index contributed by atoms with van der Waals surface area (Å²) in [6.45, 7) is 9.63. The minimum absolute atomic E-state index is 0.103. The molecule has 4 heteroatoms. The summed E-state index contributed by atoms with van der Waals surface area (Å²) >= 11 is 0. The Morgan fingerprint density at radius 3 is 2.83 bits per heavy atom. The van der Waals surface area contributed by atoms with E-state index in [2.05, 4.69) is 19.2 Å². The van der Waals surface area contributed by atoms with Gasteiger partial charge in [-0.15, -0.1) is 0 Å². The fourth-order valence-corrected chi connectivity index (χ4v) is 2.48. The first-order valence-electron chi connectivity index (χ1n) is 7.27. The predicted octanol–water partition coefficient (Wildman–Crippen LogP) is 2.63. The van der Waals surface area contributed by atoms with Crippen LogP contribution >= 0.6 is 0 Å². The van der Waals surface area contributed by atoms with Gasteiger partial charge in [-0.05, 0) is 45.4 Å². The summed E-state index contributed by atoms with van der Waals surface area (Å²) in [4.78, 5) is 14.0. The molecular formula is C14H28N2O2. The molecule has 1 N–H and O–H groups in total. The molecule has 1 saturated heterocycles. The summed E-state index contributed by atoms with van der Waals surface area (Å²) < 4.78 is 5.26. The van der Waals surface area contributed by atoms with Gasteiger partial charge in [-0.1, -0.05) is 6.92 Å². The van der Waals surface area contributed by atoms with Gasteiger partial charge < -0.3 is 15.0 Å². The predicted molar refractivity (Wildman–Crippen MR) is 73.7 cm³/mol. The van der Waals surface area contributed by atoms with Crippen LogP contribution in [0.3, 0.4) is 0 Å². The van der Waals surface area contributed by atoms with E-state index in [4.69, 9.17) is 4.74 Å². The maximum Gasteiger partial charge on any atom is 0.317 e. The van der Waals surface area contributed by atoms with Gasteiger partial charge in [-0.25, -0.2) is 4.79 Å². The summed E-state index contributed by atoms with van der Waals surface area (Å²) in [6, 6.07) is 0.475. The van der Waals surface area contributed by atoms with Crippen LogP contribution in [-0.4, -0.2) is 43.3 Å². The molecule has 0 unspecified atom stereocenters. The number of likely N-dealkylation sites (tertiary alicyclic amines) is 1. The number of carbonyl (C=O) groups excluding carboxylic acids is 1. The standard InChI is InChI=1S/C14H28N2O2/c1-4-18-10-6-5-8-15-14(17)16-9-7-12(2)11-13(16)3/h12-13H,4-11H2,1-3H3,(H,15,17)/t12-,13+/m1/s1. The van der Waals surface area contributed by atoms with Crippen LogP contribution in [0.4, 0.5) is 4.79 Å². The number of hydrogen-bond donors (Lipinski definition) is 1. The lowest BCUT2D eigenvalue weighted by Gasteiger charge is -2.36. The topological polar surface area (TPSA) is 41.6 Å². The first kappa shape index (κ1) is 15.3. The highest BCUT2D eigenvalue weighted by Gasteiger charge is 2.26. The van der Waals surface area contributed by atoms with Crippen molar-refractivity contribution in [1.82, 2.24) is 10.2 Å². The van der Waals surface area contributed by atoms with Crippen LogP contribution < -0.4 is 5.32 Å². The number of nitrogens with zero attached hydrogens (tertiary/aromatic N) is 1. The molecule has 1 aliphatic heterocycles. The number of rotatable bonds is 6. The zero-order valence-corrected chi connectivity index (χ0v) is 12.1. The molecule has 0 aliphatic carbocycles. The second-order valence-electron chi connectivity index (χ2n) is 5.31. The van der Waals surface area contributed by atoms with E-state index >= 15 is 0 Å². The first-order chi connectivity index (χ1) is 8.65. The Hall–Kier alpha value is -0.770. The molecule has 1 rings (SSSR count). The van der Waals surface area contributed by atoms with E-state index in [0.29, 0.717) is 6.04 Å². The van der Waals surface area contributed by atoms with Gasteiger partial charge in [-0.2, -0.15) is 0 Å². The molecule has 4 nitrogen and oxygen atoms in total. The summed E-state index contributed by atoms with van der Waals surface area (Å²) in [6.07, 6.45) is 4.25. The van der Waals surface area contributed by atoms with Gasteiger partial charge in [0.15, 0.2) is 0 Å². The molecule has 0 aromatic carbocycles. The van der Waals surface area contributed by atoms with E-state index in [1.165, 1.54) is 0 Å². The summed E-state index contributed by atoms with van der Waals surface area (Å²) in [7, 11) is 0. The van der Waals surface area contributed by atoms with Crippen LogP contribution in [0.1, 0.15) is 46.5 Å². The van der Waals surface area contributed by atoms with Crippen LogP contribution in [0.25, 0.3) is 0 Å². The van der Waals surface area contributed by atoms with Gasteiger partial charge in [-0.3, -0.25) is 0 Å². The average molecular weight is 256 g/mol. The zero-order chi connectivity index (χ0) is 13.4. The van der Waals surface area contributed by atoms with Crippen molar-refractivity contribution >= 4 is 6.03 Å². The number of piperidine rings is 1. The van der Waals surface area contributed by atoms with Crippen molar-refractivity contribution in [3.63, 3.8) is 0 Å². The average Bonchev–Trinajstić information content (AvgIpc) is 2.33. The minimum atomic E-state index is 0.103. The molecule has 0 radical (unpaired) electrons. The van der Waals surface area contributed by atoms with Gasteiger partial charge in [0.2, 0.25) is 0 Å². The van der Waals surface area contributed by atoms with Crippen LogP contribution in [-0.2, 0) is 4.74 Å². The SMILES string of the molecule is CCOCCCCNC(=O)N1CC[C@@H](C)C[C@@H]1C. The third kappa shape index (κ3) is 5.25. The molecular weight excluding hydrogens is 228 g/mol. The molecule has 106 valence electrons. The van der Waals surface area contributed by atoms with Crippen LogP contribution in [0.5, 0.6) is 0 Å². The molecule has 0 spiro atoms. The number of ether oxygens (including phenoxy) is 1. The third-order valence-corrected chi connectivity index (χ3v) is 3.60. The molecule has 18 heavy (non-hydrogen) atoms. The maximum atomic E-state index is 12.0. The summed E-state index contributed by atoms with van der Waals surface area (Å²) in [5.41, 5.74) is 0. The molecule has 0 bridgehead atoms. The van der Waals surface area contributed by atoms with Crippen molar-refractivity contribution in [2.75, 3.05) is 26.3 Å². The van der Waals surface area contributed by atoms with Crippen molar-refractivity contribution in [3.05, 3.63) is 0 Å². The largest absolute Gasteiger partial charge is 0.382 e. The Labute approximate surface area is 111 Å². The Kier molecular flexibility index (Phi) is 7.09. The Bertz CT molecular complexity index is 246. The minimum Gasteiger partial charge on any atom is -0.382 e. The van der Waals surface area contributed by atoms with Gasteiger partial charge in [0.25, 0.3) is 0 Å². The van der Waals surface area contributed by atoms with Crippen molar-refractivity contribution in [1.29, 1.82) is 0 Å². The maximum absolute atomic E-state index is 12.0. The van der Waals surface area contributed by atoms with Crippen molar-refractivity contribution in [3.8, 4) is 0 Å². The zero-order valence-electron chi connectivity index (χ0n) is 12.1. The van der Waals surface area contributed by atoms with Gasteiger partial charge in [0.05, 0.1) is 0 Å². The lowest BCUT2D eigenvalue weighted by Crippen LogP contribution is -2.49. The molecule has 0 saturated carbocycles. The second kappa shape index (κ2) is 8.35. The van der Waals surface area contributed by atoms with E-state index in [1.54, 1.807) is 0 Å². The summed E-state index contributed by atoms with van der Waals surface area (Å²) in [5.74, 6) is 0.746. The molecule has 1 fully saturated rings. The van der Waals surface area contributed by atoms with Crippen molar-refractivity contribution in [2.24, 2.45) is 5.92 Å². The Morgan fingerprint density at radius 2 is 2.17 bits per heavy atom. The quantitative estimate of drug-likeness (QED) is 0.742. The highest BCUT2D eigenvalue weighted by molar-refractivity contribution is 5.74. The van der Waals surface area contributed by atoms with Crippen LogP contribution in [0, 0.1) is 5.92 Å². The molecule has 1 heterocycles. The van der Waals surface area contributed by atoms with E-state index < -0.39 is 0 Å². The fraction of sp³-hybridized carbons (Fsp3) is 0.929. The molecule has 2 atom stereocenters. The molecule has 0 aromatic heterocycles. The normalized spacial score (nSPS) is 24.1. The lowest BCUT2D eigenvalue weighted by atomic mass is 9.94. The smallest absolute Gasteiger partial charge is 0.317 e. The number of unbranched alkanes of at least 4 members (excludes halogenated alkanes) is 1. The highest BCUT2D eigenvalue weighted by Crippen LogP contribution is 2.21. The van der Waals surface area contributed by atoms with E-state index in [1.807, 2.05) is 11.8 Å². The molecule has 0 aromatic rings. The monoisotopic (exact) mass is 256 g/mol. The van der Waals surface area contributed by atoms with Crippen LogP contribution in [0.2, 0.25) is 0 Å². The number of nitrogens with one attached hydrogen (secondary N) is 1. The van der Waals surface area contributed by atoms with E-state index in [0.717, 1.165) is 57.9 Å². The Morgan fingerprint density at radius 1 is 1.39 bits per heavy atom. The van der Waals surface area contributed by atoms with Crippen LogP contribution in [0.15, 0.2) is 0 Å². The molecule has 2 amide bonds.